The lowest BCUT2D eigenvalue weighted by atomic mass is 10.3. The summed E-state index contributed by atoms with van der Waals surface area (Å²) in [7, 11) is 0. The van der Waals surface area contributed by atoms with E-state index in [9.17, 15) is 22.8 Å². The molecule has 0 heterocycles. The minimum Gasteiger partial charge on any atom is -0.465 e. The average molecular weight is 385 g/mol. The molecule has 1 rings (SSSR count). The van der Waals surface area contributed by atoms with Crippen LogP contribution >= 0.6 is 23.4 Å². The largest absolute Gasteiger partial charge is 0.465 e. The molecule has 0 fully saturated rings. The molecular weight excluding hydrogens is 369 g/mol. The van der Waals surface area contributed by atoms with Gasteiger partial charge in [0, 0.05) is 6.54 Å². The number of esters is 1. The standard InChI is InChI=1S/C14H16ClF3N2O3S/c1-2-23-12(21)8-24-11(14(16,17)18)7-19-13(22)20-10-6-4-3-5-9(10)15/h3-6,11H,2,7-8H2,1H3,(H2,19,20,22). The van der Waals surface area contributed by atoms with Gasteiger partial charge in [0.15, 0.2) is 0 Å². The quantitative estimate of drug-likeness (QED) is 0.703. The van der Waals surface area contributed by atoms with Gasteiger partial charge in [-0.1, -0.05) is 23.7 Å². The van der Waals surface area contributed by atoms with Gasteiger partial charge in [-0.05, 0) is 19.1 Å². The van der Waals surface area contributed by atoms with Gasteiger partial charge in [-0.25, -0.2) is 4.79 Å². The van der Waals surface area contributed by atoms with E-state index in [0.717, 1.165) is 0 Å². The Bertz CT molecular complexity index is 572. The zero-order valence-corrected chi connectivity index (χ0v) is 14.2. The molecule has 0 aliphatic carbocycles. The highest BCUT2D eigenvalue weighted by Gasteiger charge is 2.40. The number of halogens is 4. The molecule has 0 aliphatic heterocycles. The molecule has 0 bridgehead atoms. The Morgan fingerprint density at radius 3 is 2.58 bits per heavy atom. The van der Waals surface area contributed by atoms with Gasteiger partial charge in [0.1, 0.15) is 5.25 Å². The van der Waals surface area contributed by atoms with Crippen molar-refractivity contribution in [2.45, 2.75) is 18.3 Å². The maximum Gasteiger partial charge on any atom is 0.402 e. The van der Waals surface area contributed by atoms with Gasteiger partial charge in [0.25, 0.3) is 0 Å². The highest BCUT2D eigenvalue weighted by molar-refractivity contribution is 8.00. The van der Waals surface area contributed by atoms with Crippen LogP contribution in [0.15, 0.2) is 24.3 Å². The highest BCUT2D eigenvalue weighted by Crippen LogP contribution is 2.30. The fourth-order valence-corrected chi connectivity index (χ4v) is 2.55. The van der Waals surface area contributed by atoms with Crippen molar-refractivity contribution in [2.24, 2.45) is 0 Å². The van der Waals surface area contributed by atoms with E-state index in [4.69, 9.17) is 11.6 Å². The number of amides is 2. The maximum atomic E-state index is 12.9. The van der Waals surface area contributed by atoms with Crippen LogP contribution in [0.5, 0.6) is 0 Å². The van der Waals surface area contributed by atoms with E-state index in [1.54, 1.807) is 19.1 Å². The first kappa shape index (κ1) is 20.4. The lowest BCUT2D eigenvalue weighted by Gasteiger charge is -2.20. The van der Waals surface area contributed by atoms with Crippen molar-refractivity contribution in [3.8, 4) is 0 Å². The first-order valence-electron chi connectivity index (χ1n) is 6.87. The minimum atomic E-state index is -4.57. The Kier molecular flexibility index (Phi) is 8.20. The minimum absolute atomic E-state index is 0.0918. The summed E-state index contributed by atoms with van der Waals surface area (Å²) in [4.78, 5) is 22.9. The highest BCUT2D eigenvalue weighted by atomic mass is 35.5. The zero-order chi connectivity index (χ0) is 18.2. The Morgan fingerprint density at radius 2 is 2.00 bits per heavy atom. The molecule has 0 saturated heterocycles. The topological polar surface area (TPSA) is 67.4 Å². The molecule has 10 heteroatoms. The number of carbonyl (C=O) groups excluding carboxylic acids is 2. The molecular formula is C14H16ClF3N2O3S. The van der Waals surface area contributed by atoms with Gasteiger partial charge in [-0.2, -0.15) is 13.2 Å². The number of anilines is 1. The second-order valence-electron chi connectivity index (χ2n) is 4.46. The van der Waals surface area contributed by atoms with Gasteiger partial charge in [0.05, 0.1) is 23.1 Å². The maximum absolute atomic E-state index is 12.9. The van der Waals surface area contributed by atoms with Crippen molar-refractivity contribution in [3.63, 3.8) is 0 Å². The second-order valence-corrected chi connectivity index (χ2v) is 6.06. The fourth-order valence-electron chi connectivity index (χ4n) is 1.55. The first-order chi connectivity index (χ1) is 11.2. The van der Waals surface area contributed by atoms with Gasteiger partial charge in [0.2, 0.25) is 0 Å². The summed E-state index contributed by atoms with van der Waals surface area (Å²) >= 11 is 6.20. The number of urea groups is 1. The second kappa shape index (κ2) is 9.63. The van der Waals surface area contributed by atoms with Gasteiger partial charge in [-0.3, -0.25) is 4.79 Å². The lowest BCUT2D eigenvalue weighted by Crippen LogP contribution is -2.41. The van der Waals surface area contributed by atoms with Crippen LogP contribution in [0.3, 0.4) is 0 Å². The van der Waals surface area contributed by atoms with E-state index in [1.807, 2.05) is 0 Å². The summed E-state index contributed by atoms with van der Waals surface area (Å²) in [5, 5.41) is 2.80. The molecule has 0 aromatic heterocycles. The molecule has 0 saturated carbocycles. The molecule has 0 aliphatic rings. The van der Waals surface area contributed by atoms with Crippen LogP contribution in [0.2, 0.25) is 5.02 Å². The summed E-state index contributed by atoms with van der Waals surface area (Å²) in [5.74, 6) is -1.19. The molecule has 1 unspecified atom stereocenters. The van der Waals surface area contributed by atoms with E-state index >= 15 is 0 Å². The monoisotopic (exact) mass is 384 g/mol. The smallest absolute Gasteiger partial charge is 0.402 e. The fraction of sp³-hybridized carbons (Fsp3) is 0.429. The predicted octanol–water partition coefficient (Wildman–Crippen LogP) is 3.69. The van der Waals surface area contributed by atoms with Crippen LogP contribution in [0, 0.1) is 0 Å². The molecule has 1 atom stereocenters. The Labute approximate surface area is 146 Å². The van der Waals surface area contributed by atoms with Crippen LogP contribution in [-0.2, 0) is 9.53 Å². The Balaban J connectivity index is 2.53. The van der Waals surface area contributed by atoms with Crippen LogP contribution in [0.4, 0.5) is 23.7 Å². The normalized spacial score (nSPS) is 12.4. The van der Waals surface area contributed by atoms with Crippen molar-refractivity contribution in [3.05, 3.63) is 29.3 Å². The number of benzene rings is 1. The molecule has 1 aromatic carbocycles. The van der Waals surface area contributed by atoms with Gasteiger partial charge < -0.3 is 15.4 Å². The van der Waals surface area contributed by atoms with Crippen LogP contribution < -0.4 is 10.6 Å². The summed E-state index contributed by atoms with van der Waals surface area (Å²) < 4.78 is 43.4. The molecule has 0 radical (unpaired) electrons. The third kappa shape index (κ3) is 7.31. The Hall–Kier alpha value is -1.61. The molecule has 2 amide bonds. The number of ether oxygens (including phenoxy) is 1. The summed E-state index contributed by atoms with van der Waals surface area (Å²) in [6.45, 7) is 0.961. The van der Waals surface area contributed by atoms with E-state index in [2.05, 4.69) is 15.4 Å². The number of para-hydroxylation sites is 1. The summed E-state index contributed by atoms with van der Waals surface area (Å²) in [5.41, 5.74) is 0.277. The first-order valence-corrected chi connectivity index (χ1v) is 8.30. The lowest BCUT2D eigenvalue weighted by molar-refractivity contribution is -0.139. The Morgan fingerprint density at radius 1 is 1.33 bits per heavy atom. The molecule has 1 aromatic rings. The number of rotatable bonds is 7. The molecule has 5 nitrogen and oxygen atoms in total. The van der Waals surface area contributed by atoms with Crippen molar-refractivity contribution >= 4 is 41.1 Å². The zero-order valence-electron chi connectivity index (χ0n) is 12.7. The third-order valence-corrected chi connectivity index (χ3v) is 4.21. The molecule has 0 spiro atoms. The van der Waals surface area contributed by atoms with E-state index < -0.39 is 35.7 Å². The third-order valence-electron chi connectivity index (χ3n) is 2.64. The van der Waals surface area contributed by atoms with Crippen molar-refractivity contribution in [1.29, 1.82) is 0 Å². The van der Waals surface area contributed by atoms with Crippen LogP contribution in [-0.4, -0.2) is 42.3 Å². The number of thioether (sulfide) groups is 1. The summed E-state index contributed by atoms with van der Waals surface area (Å²) in [6.07, 6.45) is -4.57. The van der Waals surface area contributed by atoms with E-state index in [-0.39, 0.29) is 17.3 Å². The number of hydrogen-bond acceptors (Lipinski definition) is 4. The average Bonchev–Trinajstić information content (AvgIpc) is 2.48. The van der Waals surface area contributed by atoms with E-state index in [0.29, 0.717) is 11.8 Å². The number of carbonyl (C=O) groups is 2. The number of alkyl halides is 3. The van der Waals surface area contributed by atoms with E-state index in [1.165, 1.54) is 12.1 Å². The van der Waals surface area contributed by atoms with Crippen molar-refractivity contribution in [1.82, 2.24) is 5.32 Å². The number of hydrogen-bond donors (Lipinski definition) is 2. The van der Waals surface area contributed by atoms with Crippen LogP contribution in [0.1, 0.15) is 6.92 Å². The summed E-state index contributed by atoms with van der Waals surface area (Å²) in [6, 6.07) is 5.49. The van der Waals surface area contributed by atoms with Crippen molar-refractivity contribution < 1.29 is 27.5 Å². The molecule has 134 valence electrons. The SMILES string of the molecule is CCOC(=O)CSC(CNC(=O)Nc1ccccc1Cl)C(F)(F)F. The predicted molar refractivity (Wildman–Crippen MR) is 87.4 cm³/mol. The number of nitrogens with one attached hydrogen (secondary N) is 2. The van der Waals surface area contributed by atoms with Crippen molar-refractivity contribution in [2.75, 3.05) is 24.2 Å². The van der Waals surface area contributed by atoms with Gasteiger partial charge in [-0.15, -0.1) is 11.8 Å². The van der Waals surface area contributed by atoms with Crippen LogP contribution in [0.25, 0.3) is 0 Å². The molecule has 24 heavy (non-hydrogen) atoms. The van der Waals surface area contributed by atoms with Gasteiger partial charge >= 0.3 is 18.2 Å². The molecule has 2 N–H and O–H groups in total.